The van der Waals surface area contributed by atoms with Crippen LogP contribution >= 0.6 is 15.9 Å². The van der Waals surface area contributed by atoms with E-state index in [-0.39, 0.29) is 6.42 Å². The number of anilines is 1. The Morgan fingerprint density at radius 2 is 2.06 bits per heavy atom. The number of rotatable bonds is 7. The molecule has 1 aromatic rings. The van der Waals surface area contributed by atoms with Crippen LogP contribution in [0.1, 0.15) is 29.6 Å². The Morgan fingerprint density at radius 3 is 2.61 bits per heavy atom. The number of amides is 1. The van der Waals surface area contributed by atoms with Gasteiger partial charge in [-0.2, -0.15) is 0 Å². The Morgan fingerprint density at radius 1 is 1.33 bits per heavy atom. The number of nitrogens with two attached hydrogens (primary N) is 1. The van der Waals surface area contributed by atoms with Crippen LogP contribution in [-0.4, -0.2) is 23.5 Å². The predicted octanol–water partition coefficient (Wildman–Crippen LogP) is 2.21. The van der Waals surface area contributed by atoms with Gasteiger partial charge in [0.25, 0.3) is 0 Å². The number of halogens is 1. The van der Waals surface area contributed by atoms with Gasteiger partial charge >= 0.3 is 5.97 Å². The number of carboxylic acid groups (broad SMARTS) is 1. The molecule has 98 valence electrons. The van der Waals surface area contributed by atoms with Crippen molar-refractivity contribution in [1.29, 1.82) is 0 Å². The normalized spacial score (nSPS) is 10.1. The van der Waals surface area contributed by atoms with Crippen molar-refractivity contribution in [1.82, 2.24) is 0 Å². The van der Waals surface area contributed by atoms with E-state index in [1.54, 1.807) is 18.2 Å². The van der Waals surface area contributed by atoms with Crippen molar-refractivity contribution in [3.63, 3.8) is 0 Å². The molecule has 6 heteroatoms. The van der Waals surface area contributed by atoms with Gasteiger partial charge in [-0.3, -0.25) is 9.59 Å². The lowest BCUT2D eigenvalue weighted by atomic mass is 10.2. The molecule has 0 saturated heterocycles. The fourth-order valence-corrected chi connectivity index (χ4v) is 2.03. The summed E-state index contributed by atoms with van der Waals surface area (Å²) >= 11 is 3.27. The molecule has 1 rings (SSSR count). The number of hydrogen-bond donors (Lipinski definition) is 3. The Hall–Kier alpha value is -1.56. The molecule has 0 heterocycles. The summed E-state index contributed by atoms with van der Waals surface area (Å²) in [5, 5.41) is 11.6. The van der Waals surface area contributed by atoms with Crippen molar-refractivity contribution in [2.45, 2.75) is 19.3 Å². The second kappa shape index (κ2) is 7.00. The highest BCUT2D eigenvalue weighted by atomic mass is 79.9. The van der Waals surface area contributed by atoms with Crippen LogP contribution in [0, 0.1) is 0 Å². The number of hydrogen-bond acceptors (Lipinski definition) is 3. The van der Waals surface area contributed by atoms with Gasteiger partial charge in [0.05, 0.1) is 5.56 Å². The van der Waals surface area contributed by atoms with E-state index in [1.165, 1.54) is 0 Å². The summed E-state index contributed by atoms with van der Waals surface area (Å²) in [6.45, 7) is 0.690. The minimum Gasteiger partial charge on any atom is -0.481 e. The molecule has 0 aliphatic heterocycles. The number of aliphatic carboxylic acids is 1. The third-order valence-electron chi connectivity index (χ3n) is 2.38. The zero-order chi connectivity index (χ0) is 13.5. The summed E-state index contributed by atoms with van der Waals surface area (Å²) in [6, 6.07) is 5.19. The maximum Gasteiger partial charge on any atom is 0.303 e. The van der Waals surface area contributed by atoms with Gasteiger partial charge in [-0.05, 0) is 47.0 Å². The quantitative estimate of drug-likeness (QED) is 0.673. The van der Waals surface area contributed by atoms with E-state index in [9.17, 15) is 9.59 Å². The molecule has 4 N–H and O–H groups in total. The summed E-state index contributed by atoms with van der Waals surface area (Å²) < 4.78 is 0.644. The molecule has 0 spiro atoms. The Labute approximate surface area is 113 Å². The molecule has 0 atom stereocenters. The Bertz CT molecular complexity index is 449. The fraction of sp³-hybridized carbons (Fsp3) is 0.333. The van der Waals surface area contributed by atoms with Gasteiger partial charge in [0.15, 0.2) is 0 Å². The minimum absolute atomic E-state index is 0.186. The summed E-state index contributed by atoms with van der Waals surface area (Å²) in [7, 11) is 0. The summed E-state index contributed by atoms with van der Waals surface area (Å²) in [5.74, 6) is -1.25. The molecule has 18 heavy (non-hydrogen) atoms. The predicted molar refractivity (Wildman–Crippen MR) is 72.6 cm³/mol. The number of nitrogens with one attached hydrogen (secondary N) is 1. The first-order valence-electron chi connectivity index (χ1n) is 5.55. The van der Waals surface area contributed by atoms with E-state index in [1.807, 2.05) is 0 Å². The van der Waals surface area contributed by atoms with E-state index in [0.717, 1.165) is 12.1 Å². The molecule has 0 saturated carbocycles. The van der Waals surface area contributed by atoms with Crippen LogP contribution in [0.2, 0.25) is 0 Å². The highest BCUT2D eigenvalue weighted by Gasteiger charge is 2.06. The van der Waals surface area contributed by atoms with Crippen LogP contribution < -0.4 is 11.1 Å². The fourth-order valence-electron chi connectivity index (χ4n) is 1.46. The molecule has 0 aliphatic rings. The number of unbranched alkanes of at least 4 members (excludes halogenated alkanes) is 1. The second-order valence-corrected chi connectivity index (χ2v) is 4.69. The number of carbonyl (C=O) groups is 2. The zero-order valence-corrected chi connectivity index (χ0v) is 11.4. The van der Waals surface area contributed by atoms with E-state index in [4.69, 9.17) is 10.8 Å². The molecule has 0 aromatic heterocycles. The van der Waals surface area contributed by atoms with Gasteiger partial charge in [0.1, 0.15) is 0 Å². The van der Waals surface area contributed by atoms with Crippen molar-refractivity contribution in [3.05, 3.63) is 28.2 Å². The first-order chi connectivity index (χ1) is 8.50. The van der Waals surface area contributed by atoms with Crippen molar-refractivity contribution in [2.24, 2.45) is 5.73 Å². The molecule has 0 fully saturated rings. The van der Waals surface area contributed by atoms with Crippen molar-refractivity contribution in [3.8, 4) is 0 Å². The standard InChI is InChI=1S/C12H15BrN2O3/c13-10-7-8(4-5-9(10)12(14)18)15-6-2-1-3-11(16)17/h4-5,7,15H,1-3,6H2,(H2,14,18)(H,16,17). The van der Waals surface area contributed by atoms with Crippen molar-refractivity contribution in [2.75, 3.05) is 11.9 Å². The van der Waals surface area contributed by atoms with Crippen LogP contribution in [0.4, 0.5) is 5.69 Å². The highest BCUT2D eigenvalue weighted by molar-refractivity contribution is 9.10. The maximum absolute atomic E-state index is 11.0. The maximum atomic E-state index is 11.0. The Kier molecular flexibility index (Phi) is 5.64. The lowest BCUT2D eigenvalue weighted by molar-refractivity contribution is -0.137. The molecule has 1 aromatic carbocycles. The first-order valence-corrected chi connectivity index (χ1v) is 6.35. The number of benzene rings is 1. The topological polar surface area (TPSA) is 92.4 Å². The Balaban J connectivity index is 2.42. The van der Waals surface area contributed by atoms with Crippen LogP contribution in [0.25, 0.3) is 0 Å². The minimum atomic E-state index is -0.774. The number of carboxylic acids is 1. The summed E-state index contributed by atoms with van der Waals surface area (Å²) in [5.41, 5.74) is 6.49. The number of primary amides is 1. The van der Waals surface area contributed by atoms with E-state index in [0.29, 0.717) is 23.0 Å². The van der Waals surface area contributed by atoms with Gasteiger partial charge in [0, 0.05) is 23.1 Å². The molecule has 0 aliphatic carbocycles. The van der Waals surface area contributed by atoms with Crippen LogP contribution in [0.15, 0.2) is 22.7 Å². The van der Waals surface area contributed by atoms with Gasteiger partial charge in [0.2, 0.25) is 5.91 Å². The lowest BCUT2D eigenvalue weighted by Gasteiger charge is -2.07. The van der Waals surface area contributed by atoms with Crippen LogP contribution in [0.5, 0.6) is 0 Å². The SMILES string of the molecule is NC(=O)c1ccc(NCCCCC(=O)O)cc1Br. The molecular formula is C12H15BrN2O3. The largest absolute Gasteiger partial charge is 0.481 e. The average Bonchev–Trinajstić information content (AvgIpc) is 2.27. The second-order valence-electron chi connectivity index (χ2n) is 3.84. The van der Waals surface area contributed by atoms with Crippen LogP contribution in [0.3, 0.4) is 0 Å². The van der Waals surface area contributed by atoms with Gasteiger partial charge in [-0.25, -0.2) is 0 Å². The lowest BCUT2D eigenvalue weighted by Crippen LogP contribution is -2.12. The smallest absolute Gasteiger partial charge is 0.303 e. The van der Waals surface area contributed by atoms with Crippen molar-refractivity contribution < 1.29 is 14.7 Å². The van der Waals surface area contributed by atoms with Gasteiger partial charge in [-0.1, -0.05) is 0 Å². The van der Waals surface area contributed by atoms with Crippen LogP contribution in [-0.2, 0) is 4.79 Å². The third-order valence-corrected chi connectivity index (χ3v) is 3.04. The van der Waals surface area contributed by atoms with Gasteiger partial charge < -0.3 is 16.2 Å². The third kappa shape index (κ3) is 4.75. The molecule has 0 radical (unpaired) electrons. The molecule has 0 bridgehead atoms. The zero-order valence-electron chi connectivity index (χ0n) is 9.78. The molecule has 0 unspecified atom stereocenters. The summed E-state index contributed by atoms with van der Waals surface area (Å²) in [6.07, 6.45) is 1.61. The van der Waals surface area contributed by atoms with E-state index < -0.39 is 11.9 Å². The molecule has 5 nitrogen and oxygen atoms in total. The average molecular weight is 315 g/mol. The molecule has 1 amide bonds. The molecular weight excluding hydrogens is 300 g/mol. The van der Waals surface area contributed by atoms with E-state index in [2.05, 4.69) is 21.2 Å². The first kappa shape index (κ1) is 14.5. The number of carbonyl (C=O) groups excluding carboxylic acids is 1. The van der Waals surface area contributed by atoms with Crippen molar-refractivity contribution >= 4 is 33.5 Å². The summed E-state index contributed by atoms with van der Waals surface area (Å²) in [4.78, 5) is 21.3. The van der Waals surface area contributed by atoms with E-state index >= 15 is 0 Å². The van der Waals surface area contributed by atoms with Gasteiger partial charge in [-0.15, -0.1) is 0 Å². The highest BCUT2D eigenvalue weighted by Crippen LogP contribution is 2.21. The monoisotopic (exact) mass is 314 g/mol.